The van der Waals surface area contributed by atoms with Crippen LogP contribution in [0.3, 0.4) is 0 Å². The highest BCUT2D eigenvalue weighted by molar-refractivity contribution is 5.78. The van der Waals surface area contributed by atoms with Crippen LogP contribution in [0.15, 0.2) is 69.9 Å². The molecule has 2 aromatic carbocycles. The van der Waals surface area contributed by atoms with Crippen LogP contribution in [0, 0.1) is 0 Å². The highest BCUT2D eigenvalue weighted by Crippen LogP contribution is 2.19. The molecular weight excluding hydrogens is 346 g/mol. The van der Waals surface area contributed by atoms with Crippen molar-refractivity contribution >= 4 is 16.9 Å². The number of fused-ring (bicyclic) bond motifs is 1. The zero-order valence-corrected chi connectivity index (χ0v) is 14.8. The average Bonchev–Trinajstić information content (AvgIpc) is 2.67. The summed E-state index contributed by atoms with van der Waals surface area (Å²) >= 11 is 0. The lowest BCUT2D eigenvalue weighted by molar-refractivity contribution is -0.120. The van der Waals surface area contributed by atoms with E-state index >= 15 is 0 Å². The number of carbonyl (C=O) groups excluding carboxylic acids is 1. The molecule has 0 saturated carbocycles. The molecule has 1 aromatic heterocycles. The van der Waals surface area contributed by atoms with Crippen LogP contribution in [0.5, 0.6) is 5.75 Å². The Labute approximate surface area is 156 Å². The first-order chi connectivity index (χ1) is 13.1. The second-order valence-electron chi connectivity index (χ2n) is 6.21. The van der Waals surface area contributed by atoms with Crippen molar-refractivity contribution in [3.8, 4) is 5.75 Å². The maximum Gasteiger partial charge on any atom is 0.336 e. The van der Waals surface area contributed by atoms with E-state index in [1.54, 1.807) is 24.3 Å². The quantitative estimate of drug-likeness (QED) is 0.596. The van der Waals surface area contributed by atoms with Gasteiger partial charge in [0.05, 0.1) is 19.1 Å². The average molecular weight is 367 g/mol. The van der Waals surface area contributed by atoms with Gasteiger partial charge in [-0.25, -0.2) is 4.79 Å². The Balaban J connectivity index is 1.41. The van der Waals surface area contributed by atoms with E-state index in [0.717, 1.165) is 10.9 Å². The van der Waals surface area contributed by atoms with Crippen LogP contribution in [0.2, 0.25) is 0 Å². The van der Waals surface area contributed by atoms with E-state index in [9.17, 15) is 14.7 Å². The number of aliphatic hydroxyl groups is 1. The molecular formula is C21H21NO5. The van der Waals surface area contributed by atoms with Gasteiger partial charge in [0.1, 0.15) is 11.3 Å². The van der Waals surface area contributed by atoms with Crippen LogP contribution in [0.4, 0.5) is 0 Å². The van der Waals surface area contributed by atoms with Crippen molar-refractivity contribution in [2.75, 3.05) is 13.2 Å². The molecule has 0 aliphatic carbocycles. The Hall–Kier alpha value is -3.12. The predicted octanol–water partition coefficient (Wildman–Crippen LogP) is 2.28. The molecule has 6 heteroatoms. The maximum atomic E-state index is 11.9. The summed E-state index contributed by atoms with van der Waals surface area (Å²) in [4.78, 5) is 23.1. The van der Waals surface area contributed by atoms with Gasteiger partial charge in [0, 0.05) is 30.5 Å². The van der Waals surface area contributed by atoms with Crippen molar-refractivity contribution in [3.63, 3.8) is 0 Å². The maximum absolute atomic E-state index is 11.9. The molecule has 0 spiro atoms. The molecule has 1 unspecified atom stereocenters. The molecule has 1 amide bonds. The molecule has 140 valence electrons. The lowest BCUT2D eigenvalue weighted by atomic mass is 10.1. The highest BCUT2D eigenvalue weighted by Gasteiger charge is 2.08. The van der Waals surface area contributed by atoms with E-state index in [4.69, 9.17) is 9.15 Å². The molecule has 1 heterocycles. The molecule has 27 heavy (non-hydrogen) atoms. The number of hydrogen-bond donors (Lipinski definition) is 2. The third kappa shape index (κ3) is 5.69. The predicted molar refractivity (Wildman–Crippen MR) is 102 cm³/mol. The van der Waals surface area contributed by atoms with E-state index in [1.807, 2.05) is 30.3 Å². The third-order valence-corrected chi connectivity index (χ3v) is 4.06. The number of benzene rings is 2. The lowest BCUT2D eigenvalue weighted by Gasteiger charge is -2.13. The number of hydrogen-bond acceptors (Lipinski definition) is 5. The fourth-order valence-corrected chi connectivity index (χ4v) is 2.62. The SMILES string of the molecule is O=C(Cc1ccccc1)NCC(O)CCOc1ccc2ccc(=O)oc2c1. The van der Waals surface area contributed by atoms with Gasteiger partial charge in [-0.15, -0.1) is 0 Å². The Morgan fingerprint density at radius 1 is 1.11 bits per heavy atom. The fraction of sp³-hybridized carbons (Fsp3) is 0.238. The molecule has 0 fully saturated rings. The number of aliphatic hydroxyl groups excluding tert-OH is 1. The monoisotopic (exact) mass is 367 g/mol. The molecule has 0 aliphatic heterocycles. The first-order valence-electron chi connectivity index (χ1n) is 8.75. The van der Waals surface area contributed by atoms with Gasteiger partial charge >= 0.3 is 5.63 Å². The van der Waals surface area contributed by atoms with Gasteiger partial charge in [0.25, 0.3) is 0 Å². The van der Waals surface area contributed by atoms with Gasteiger partial charge in [-0.2, -0.15) is 0 Å². The zero-order chi connectivity index (χ0) is 19.1. The summed E-state index contributed by atoms with van der Waals surface area (Å²) in [5.41, 5.74) is 0.964. The van der Waals surface area contributed by atoms with Gasteiger partial charge in [0.2, 0.25) is 5.91 Å². The first kappa shape index (κ1) is 18.7. The number of carbonyl (C=O) groups is 1. The van der Waals surface area contributed by atoms with E-state index in [-0.39, 0.29) is 25.5 Å². The van der Waals surface area contributed by atoms with E-state index in [2.05, 4.69) is 5.32 Å². The van der Waals surface area contributed by atoms with Gasteiger partial charge in [-0.1, -0.05) is 30.3 Å². The Morgan fingerprint density at radius 2 is 1.89 bits per heavy atom. The summed E-state index contributed by atoms with van der Waals surface area (Å²) in [5.74, 6) is 0.419. The molecule has 3 rings (SSSR count). The smallest absolute Gasteiger partial charge is 0.336 e. The lowest BCUT2D eigenvalue weighted by Crippen LogP contribution is -2.33. The van der Waals surface area contributed by atoms with Crippen molar-refractivity contribution in [1.29, 1.82) is 0 Å². The Kier molecular flexibility index (Phi) is 6.22. The Morgan fingerprint density at radius 3 is 2.70 bits per heavy atom. The van der Waals surface area contributed by atoms with Crippen LogP contribution in [-0.4, -0.2) is 30.3 Å². The third-order valence-electron chi connectivity index (χ3n) is 4.06. The van der Waals surface area contributed by atoms with Gasteiger partial charge in [0.15, 0.2) is 0 Å². The molecule has 1 atom stereocenters. The second kappa shape index (κ2) is 9.00. The molecule has 0 bridgehead atoms. The number of ether oxygens (including phenoxy) is 1. The molecule has 0 radical (unpaired) electrons. The van der Waals surface area contributed by atoms with Crippen molar-refractivity contribution in [2.24, 2.45) is 0 Å². The van der Waals surface area contributed by atoms with E-state index in [1.165, 1.54) is 6.07 Å². The molecule has 3 aromatic rings. The number of nitrogens with one attached hydrogen (secondary N) is 1. The minimum absolute atomic E-state index is 0.134. The van der Waals surface area contributed by atoms with Crippen molar-refractivity contribution in [2.45, 2.75) is 18.9 Å². The molecule has 0 saturated heterocycles. The first-order valence-corrected chi connectivity index (χ1v) is 8.75. The van der Waals surface area contributed by atoms with Crippen LogP contribution >= 0.6 is 0 Å². The minimum Gasteiger partial charge on any atom is -0.493 e. The standard InChI is InChI=1S/C21H21NO5/c23-17(14-22-20(24)12-15-4-2-1-3-5-15)10-11-26-18-8-6-16-7-9-21(25)27-19(16)13-18/h1-9,13,17,23H,10-12,14H2,(H,22,24). The topological polar surface area (TPSA) is 88.8 Å². The second-order valence-corrected chi connectivity index (χ2v) is 6.21. The largest absolute Gasteiger partial charge is 0.493 e. The summed E-state index contributed by atoms with van der Waals surface area (Å²) in [5, 5.41) is 13.5. The summed E-state index contributed by atoms with van der Waals surface area (Å²) in [6.45, 7) is 0.444. The normalized spacial score (nSPS) is 11.9. The van der Waals surface area contributed by atoms with E-state index < -0.39 is 11.7 Å². The summed E-state index contributed by atoms with van der Waals surface area (Å²) in [6, 6.07) is 17.7. The van der Waals surface area contributed by atoms with Crippen LogP contribution < -0.4 is 15.7 Å². The van der Waals surface area contributed by atoms with Crippen LogP contribution in [0.1, 0.15) is 12.0 Å². The van der Waals surface area contributed by atoms with Crippen molar-refractivity contribution in [3.05, 3.63) is 76.6 Å². The summed E-state index contributed by atoms with van der Waals surface area (Å²) in [6.07, 6.45) is -0.0579. The van der Waals surface area contributed by atoms with Crippen molar-refractivity contribution in [1.82, 2.24) is 5.32 Å². The van der Waals surface area contributed by atoms with Crippen LogP contribution in [-0.2, 0) is 11.2 Å². The highest BCUT2D eigenvalue weighted by atomic mass is 16.5. The van der Waals surface area contributed by atoms with Gasteiger partial charge in [-0.05, 0) is 23.8 Å². The van der Waals surface area contributed by atoms with E-state index in [0.29, 0.717) is 17.8 Å². The Bertz CT molecular complexity index is 951. The molecule has 0 aliphatic rings. The zero-order valence-electron chi connectivity index (χ0n) is 14.8. The minimum atomic E-state index is -0.705. The summed E-state index contributed by atoms with van der Waals surface area (Å²) < 4.78 is 10.7. The van der Waals surface area contributed by atoms with Crippen LogP contribution in [0.25, 0.3) is 11.0 Å². The van der Waals surface area contributed by atoms with Gasteiger partial charge < -0.3 is 19.6 Å². The number of rotatable bonds is 8. The summed E-state index contributed by atoms with van der Waals surface area (Å²) in [7, 11) is 0. The molecule has 2 N–H and O–H groups in total. The van der Waals surface area contributed by atoms with Crippen molar-refractivity contribution < 1.29 is 19.1 Å². The van der Waals surface area contributed by atoms with Gasteiger partial charge in [-0.3, -0.25) is 4.79 Å². The fourth-order valence-electron chi connectivity index (χ4n) is 2.62. The molecule has 6 nitrogen and oxygen atoms in total. The number of amides is 1.